The number of esters is 1. The lowest BCUT2D eigenvalue weighted by Gasteiger charge is -2.16. The number of carbonyl (C=O) groups is 1. The van der Waals surface area contributed by atoms with Crippen molar-refractivity contribution in [2.24, 2.45) is 0 Å². The van der Waals surface area contributed by atoms with Gasteiger partial charge in [-0.1, -0.05) is 0 Å². The third-order valence-electron chi connectivity index (χ3n) is 2.52. The standard InChI is InChI=1S/C12H16O7/c1-6-2-7(14)3-8(15)11(6)12(18)19-5-10(17)9(16)4-13/h2-3,9-10,13-17H,4-5H2,1H3/t9-,10+/m1/s1. The van der Waals surface area contributed by atoms with Crippen LogP contribution in [0.1, 0.15) is 15.9 Å². The molecule has 0 heterocycles. The Morgan fingerprint density at radius 3 is 2.42 bits per heavy atom. The van der Waals surface area contributed by atoms with E-state index in [2.05, 4.69) is 0 Å². The molecular formula is C12H16O7. The first kappa shape index (κ1) is 15.2. The van der Waals surface area contributed by atoms with E-state index in [1.165, 1.54) is 13.0 Å². The molecule has 0 unspecified atom stereocenters. The Kier molecular flexibility index (Phi) is 5.11. The van der Waals surface area contributed by atoms with Gasteiger partial charge in [-0.25, -0.2) is 4.79 Å². The number of hydrogen-bond donors (Lipinski definition) is 5. The maximum Gasteiger partial charge on any atom is 0.342 e. The summed E-state index contributed by atoms with van der Waals surface area (Å²) in [6.45, 7) is 0.303. The van der Waals surface area contributed by atoms with Gasteiger partial charge in [0.2, 0.25) is 0 Å². The van der Waals surface area contributed by atoms with Gasteiger partial charge in [-0.2, -0.15) is 0 Å². The fraction of sp³-hybridized carbons (Fsp3) is 0.417. The first-order valence-electron chi connectivity index (χ1n) is 5.53. The molecule has 0 aliphatic heterocycles. The Labute approximate surface area is 109 Å². The van der Waals surface area contributed by atoms with Gasteiger partial charge in [-0.3, -0.25) is 0 Å². The second-order valence-corrected chi connectivity index (χ2v) is 4.07. The second-order valence-electron chi connectivity index (χ2n) is 4.07. The van der Waals surface area contributed by atoms with Crippen LogP contribution in [-0.2, 0) is 4.74 Å². The van der Waals surface area contributed by atoms with Crippen molar-refractivity contribution in [1.82, 2.24) is 0 Å². The monoisotopic (exact) mass is 272 g/mol. The van der Waals surface area contributed by atoms with Crippen LogP contribution in [0.15, 0.2) is 12.1 Å². The lowest BCUT2D eigenvalue weighted by Crippen LogP contribution is -2.34. The average molecular weight is 272 g/mol. The molecule has 0 spiro atoms. The zero-order valence-corrected chi connectivity index (χ0v) is 10.3. The minimum absolute atomic E-state index is 0.136. The number of rotatable bonds is 5. The van der Waals surface area contributed by atoms with Crippen molar-refractivity contribution in [3.63, 3.8) is 0 Å². The van der Waals surface area contributed by atoms with Crippen LogP contribution in [0.2, 0.25) is 0 Å². The number of phenols is 2. The van der Waals surface area contributed by atoms with Gasteiger partial charge in [0.05, 0.1) is 6.61 Å². The number of ether oxygens (including phenoxy) is 1. The molecule has 7 heteroatoms. The largest absolute Gasteiger partial charge is 0.508 e. The second kappa shape index (κ2) is 6.37. The van der Waals surface area contributed by atoms with Gasteiger partial charge >= 0.3 is 5.97 Å². The Morgan fingerprint density at radius 2 is 1.89 bits per heavy atom. The first-order chi connectivity index (χ1) is 8.86. The Balaban J connectivity index is 2.74. The van der Waals surface area contributed by atoms with Crippen LogP contribution in [-0.4, -0.2) is 56.9 Å². The first-order valence-corrected chi connectivity index (χ1v) is 5.53. The van der Waals surface area contributed by atoms with Crippen molar-refractivity contribution in [1.29, 1.82) is 0 Å². The number of aromatic hydroxyl groups is 2. The summed E-state index contributed by atoms with van der Waals surface area (Å²) in [5, 5.41) is 45.7. The van der Waals surface area contributed by atoms with Crippen molar-refractivity contribution in [3.05, 3.63) is 23.3 Å². The van der Waals surface area contributed by atoms with Crippen LogP contribution >= 0.6 is 0 Å². The van der Waals surface area contributed by atoms with E-state index in [9.17, 15) is 20.1 Å². The van der Waals surface area contributed by atoms with E-state index in [-0.39, 0.29) is 11.3 Å². The Bertz CT molecular complexity index is 434. The van der Waals surface area contributed by atoms with Crippen LogP contribution in [0.4, 0.5) is 0 Å². The number of aryl methyl sites for hydroxylation is 1. The lowest BCUT2D eigenvalue weighted by molar-refractivity contribution is -0.0468. The molecule has 7 nitrogen and oxygen atoms in total. The molecule has 0 radical (unpaired) electrons. The van der Waals surface area contributed by atoms with Crippen molar-refractivity contribution < 1.29 is 35.1 Å². The Morgan fingerprint density at radius 1 is 1.26 bits per heavy atom. The normalized spacial score (nSPS) is 13.9. The smallest absolute Gasteiger partial charge is 0.342 e. The summed E-state index contributed by atoms with van der Waals surface area (Å²) < 4.78 is 4.71. The topological polar surface area (TPSA) is 127 Å². The molecule has 0 aliphatic rings. The van der Waals surface area contributed by atoms with Crippen LogP contribution in [0, 0.1) is 6.92 Å². The molecule has 5 N–H and O–H groups in total. The molecule has 1 rings (SSSR count). The summed E-state index contributed by atoms with van der Waals surface area (Å²) in [5.74, 6) is -1.54. The van der Waals surface area contributed by atoms with E-state index in [0.29, 0.717) is 5.56 Å². The van der Waals surface area contributed by atoms with E-state index < -0.39 is 37.1 Å². The SMILES string of the molecule is Cc1cc(O)cc(O)c1C(=O)OC[C@H](O)[C@H](O)CO. The molecule has 0 fully saturated rings. The van der Waals surface area contributed by atoms with E-state index in [0.717, 1.165) is 6.07 Å². The van der Waals surface area contributed by atoms with Gasteiger partial charge in [-0.15, -0.1) is 0 Å². The predicted octanol–water partition coefficient (Wildman–Crippen LogP) is -0.723. The minimum atomic E-state index is -1.42. The van der Waals surface area contributed by atoms with E-state index in [1.807, 2.05) is 0 Å². The van der Waals surface area contributed by atoms with Gasteiger partial charge in [0.25, 0.3) is 0 Å². The molecule has 2 atom stereocenters. The molecule has 0 aliphatic carbocycles. The molecule has 1 aromatic carbocycles. The average Bonchev–Trinajstić information content (AvgIpc) is 2.33. The van der Waals surface area contributed by atoms with Crippen LogP contribution in [0.25, 0.3) is 0 Å². The summed E-state index contributed by atoms with van der Waals surface area (Å²) in [4.78, 5) is 11.7. The zero-order valence-electron chi connectivity index (χ0n) is 10.3. The van der Waals surface area contributed by atoms with Crippen molar-refractivity contribution in [3.8, 4) is 11.5 Å². The molecule has 1 aromatic rings. The van der Waals surface area contributed by atoms with Gasteiger partial charge in [0, 0.05) is 6.07 Å². The fourth-order valence-electron chi connectivity index (χ4n) is 1.48. The van der Waals surface area contributed by atoms with Crippen molar-refractivity contribution in [2.45, 2.75) is 19.1 Å². The number of hydrogen-bond acceptors (Lipinski definition) is 7. The Hall–Kier alpha value is -1.83. The van der Waals surface area contributed by atoms with E-state index in [1.54, 1.807) is 0 Å². The fourth-order valence-corrected chi connectivity index (χ4v) is 1.48. The highest BCUT2D eigenvalue weighted by Gasteiger charge is 2.21. The molecular weight excluding hydrogens is 256 g/mol. The van der Waals surface area contributed by atoms with Crippen LogP contribution in [0.3, 0.4) is 0 Å². The van der Waals surface area contributed by atoms with E-state index >= 15 is 0 Å². The van der Waals surface area contributed by atoms with Gasteiger partial charge < -0.3 is 30.3 Å². The van der Waals surface area contributed by atoms with Gasteiger partial charge in [0.1, 0.15) is 35.9 Å². The molecule has 106 valence electrons. The quantitative estimate of drug-likeness (QED) is 0.447. The number of phenolic OH excluding ortho intramolecular Hbond substituents is 2. The highest BCUT2D eigenvalue weighted by Crippen LogP contribution is 2.27. The van der Waals surface area contributed by atoms with Crippen LogP contribution in [0.5, 0.6) is 11.5 Å². The third kappa shape index (κ3) is 3.82. The van der Waals surface area contributed by atoms with Crippen molar-refractivity contribution in [2.75, 3.05) is 13.2 Å². The molecule has 0 bridgehead atoms. The number of aliphatic hydroxyl groups is 3. The van der Waals surface area contributed by atoms with E-state index in [4.69, 9.17) is 14.9 Å². The summed E-state index contributed by atoms with van der Waals surface area (Å²) in [7, 11) is 0. The predicted molar refractivity (Wildman–Crippen MR) is 63.9 cm³/mol. The summed E-state index contributed by atoms with van der Waals surface area (Å²) in [6, 6.07) is 2.26. The summed E-state index contributed by atoms with van der Waals surface area (Å²) in [6.07, 6.45) is -2.84. The third-order valence-corrected chi connectivity index (χ3v) is 2.52. The number of aliphatic hydroxyl groups excluding tert-OH is 3. The molecule has 0 amide bonds. The zero-order chi connectivity index (χ0) is 14.6. The highest BCUT2D eigenvalue weighted by molar-refractivity contribution is 5.94. The van der Waals surface area contributed by atoms with Crippen molar-refractivity contribution >= 4 is 5.97 Å². The number of benzene rings is 1. The minimum Gasteiger partial charge on any atom is -0.508 e. The van der Waals surface area contributed by atoms with Gasteiger partial charge in [-0.05, 0) is 18.6 Å². The summed E-state index contributed by atoms with van der Waals surface area (Å²) >= 11 is 0. The molecule has 0 saturated heterocycles. The molecule has 0 aromatic heterocycles. The van der Waals surface area contributed by atoms with Crippen LogP contribution < -0.4 is 0 Å². The molecule has 19 heavy (non-hydrogen) atoms. The molecule has 0 saturated carbocycles. The maximum absolute atomic E-state index is 11.7. The van der Waals surface area contributed by atoms with Gasteiger partial charge in [0.15, 0.2) is 0 Å². The summed E-state index contributed by atoms with van der Waals surface area (Å²) in [5.41, 5.74) is 0.170. The lowest BCUT2D eigenvalue weighted by atomic mass is 10.1. The highest BCUT2D eigenvalue weighted by atomic mass is 16.5. The number of carbonyl (C=O) groups excluding carboxylic acids is 1. The maximum atomic E-state index is 11.7.